The zero-order chi connectivity index (χ0) is 28.2. The number of rotatable bonds is 3. The number of halogens is 6. The maximum Gasteiger partial charge on any atom is 0.416 e. The van der Waals surface area contributed by atoms with Gasteiger partial charge in [-0.2, -0.15) is 13.2 Å². The van der Waals surface area contributed by atoms with E-state index in [0.29, 0.717) is 23.1 Å². The molecule has 2 N–H and O–H groups in total. The van der Waals surface area contributed by atoms with Crippen LogP contribution in [0.15, 0.2) is 30.0 Å². The summed E-state index contributed by atoms with van der Waals surface area (Å²) in [5.74, 6) is -4.09. The first-order chi connectivity index (χ1) is 16.8. The molecule has 1 amide bonds. The van der Waals surface area contributed by atoms with E-state index in [1.165, 1.54) is 5.94 Å². The molecule has 3 rings (SSSR count). The highest BCUT2D eigenvalue weighted by Crippen LogP contribution is 2.41. The highest BCUT2D eigenvalue weighted by molar-refractivity contribution is 6.31. The van der Waals surface area contributed by atoms with Gasteiger partial charge in [-0.3, -0.25) is 4.79 Å². The van der Waals surface area contributed by atoms with Gasteiger partial charge < -0.3 is 20.0 Å². The summed E-state index contributed by atoms with van der Waals surface area (Å²) in [7, 11) is 0. The number of aryl methyl sites for hydroxylation is 1. The summed E-state index contributed by atoms with van der Waals surface area (Å²) >= 11 is 5.63. The van der Waals surface area contributed by atoms with Crippen LogP contribution < -0.4 is 9.80 Å². The number of benzene rings is 1. The van der Waals surface area contributed by atoms with E-state index in [4.69, 9.17) is 15.7 Å². The molecule has 3 atom stereocenters. The van der Waals surface area contributed by atoms with Crippen molar-refractivity contribution in [2.45, 2.75) is 37.8 Å². The molecule has 34 heavy (non-hydrogen) atoms. The zero-order valence-corrected chi connectivity index (χ0v) is 18.0. The van der Waals surface area contributed by atoms with Crippen LogP contribution in [0.1, 0.15) is 22.3 Å². The largest absolute Gasteiger partial charge is 0.416 e. The molecule has 1 aromatic heterocycles. The summed E-state index contributed by atoms with van der Waals surface area (Å²) in [5.41, 5.74) is -6.21. The Hall–Kier alpha value is -3.05. The lowest BCUT2D eigenvalue weighted by Gasteiger charge is -2.30. The van der Waals surface area contributed by atoms with Gasteiger partial charge in [0.15, 0.2) is 0 Å². The topological polar surface area (TPSA) is 94.0 Å². The number of likely N-dealkylation sites (N-methyl/N-ethyl adjacent to an activating group) is 1. The van der Waals surface area contributed by atoms with Crippen LogP contribution >= 0.6 is 11.6 Å². The SMILES string of the molecule is [2H]C([2H])([2H])N(C(=O)[C@@H]1[C@H](O)[C@@](C)(O)C(=C=O)N1c1cc(C(F)(F)F)cc(C)n1)c1cc(Cl)c(F)cc1F. The lowest BCUT2D eigenvalue weighted by Crippen LogP contribution is -2.51. The molecule has 1 aromatic carbocycles. The van der Waals surface area contributed by atoms with Crippen LogP contribution in [-0.4, -0.2) is 51.8 Å². The van der Waals surface area contributed by atoms with Crippen molar-refractivity contribution in [3.8, 4) is 0 Å². The van der Waals surface area contributed by atoms with E-state index in [-0.39, 0.29) is 16.7 Å². The lowest BCUT2D eigenvalue weighted by molar-refractivity contribution is -0.137. The van der Waals surface area contributed by atoms with Crippen LogP contribution in [0.3, 0.4) is 0 Å². The first-order valence-corrected chi connectivity index (χ1v) is 9.70. The number of pyridine rings is 1. The standard InChI is InChI=1S/C21H17ClF5N3O4/c1-9-4-10(21(25,26)27)5-16(28-9)30-15(8-31)20(2,34)18(32)17(30)19(33)29(3)14-6-11(22)12(23)7-13(14)24/h4-7,17-18,32,34H,1-3H3/t17-,18-,20-/m0/s1/i3D3. The third-order valence-electron chi connectivity index (χ3n) is 5.19. The molecule has 1 aliphatic heterocycles. The Morgan fingerprint density at radius 3 is 2.50 bits per heavy atom. The van der Waals surface area contributed by atoms with Crippen LogP contribution in [0.2, 0.25) is 5.02 Å². The number of nitrogens with zero attached hydrogens (tertiary/aromatic N) is 3. The second-order valence-corrected chi connectivity index (χ2v) is 8.01. The Kier molecular flexibility index (Phi) is 5.45. The van der Waals surface area contributed by atoms with Crippen molar-refractivity contribution >= 4 is 35.0 Å². The molecule has 0 unspecified atom stereocenters. The molecule has 1 fully saturated rings. The maximum absolute atomic E-state index is 14.6. The third kappa shape index (κ3) is 4.25. The summed E-state index contributed by atoms with van der Waals surface area (Å²) < 4.78 is 91.9. The molecule has 0 spiro atoms. The molecular weight excluding hydrogens is 489 g/mol. The Morgan fingerprint density at radius 2 is 1.94 bits per heavy atom. The van der Waals surface area contributed by atoms with Gasteiger partial charge in [-0.1, -0.05) is 11.6 Å². The predicted octanol–water partition coefficient (Wildman–Crippen LogP) is 3.02. The summed E-state index contributed by atoms with van der Waals surface area (Å²) in [4.78, 5) is 29.4. The van der Waals surface area contributed by atoms with Crippen molar-refractivity contribution in [1.82, 2.24) is 4.98 Å². The third-order valence-corrected chi connectivity index (χ3v) is 5.48. The molecule has 0 radical (unpaired) electrons. The number of aliphatic hydroxyl groups excluding tert-OH is 1. The number of anilines is 2. The molecule has 1 saturated heterocycles. The molecule has 13 heteroatoms. The van der Waals surface area contributed by atoms with Crippen molar-refractivity contribution in [1.29, 1.82) is 0 Å². The highest BCUT2D eigenvalue weighted by atomic mass is 35.5. The molecule has 1 aliphatic rings. The van der Waals surface area contributed by atoms with E-state index < -0.39 is 76.2 Å². The highest BCUT2D eigenvalue weighted by Gasteiger charge is 2.58. The summed E-state index contributed by atoms with van der Waals surface area (Å²) in [5, 5.41) is 20.8. The lowest BCUT2D eigenvalue weighted by atomic mass is 9.96. The van der Waals surface area contributed by atoms with Crippen molar-refractivity contribution < 1.29 is 45.9 Å². The fraction of sp³-hybridized carbons (Fsp3) is 0.333. The van der Waals surface area contributed by atoms with Crippen LogP contribution in [0, 0.1) is 18.6 Å². The number of amides is 1. The quantitative estimate of drug-likeness (QED) is 0.376. The zero-order valence-electron chi connectivity index (χ0n) is 20.3. The molecule has 7 nitrogen and oxygen atoms in total. The molecule has 0 saturated carbocycles. The molecule has 0 aliphatic carbocycles. The van der Waals surface area contributed by atoms with Gasteiger partial charge in [-0.25, -0.2) is 18.6 Å². The van der Waals surface area contributed by atoms with Crippen LogP contribution in [-0.2, 0) is 15.8 Å². The minimum Gasteiger partial charge on any atom is -0.387 e. The minimum absolute atomic E-state index is 0.192. The Morgan fingerprint density at radius 1 is 1.29 bits per heavy atom. The average molecular weight is 509 g/mol. The van der Waals surface area contributed by atoms with E-state index in [1.807, 2.05) is 0 Å². The first kappa shape index (κ1) is 21.5. The second kappa shape index (κ2) is 8.62. The molecule has 0 bridgehead atoms. The summed E-state index contributed by atoms with van der Waals surface area (Å²) in [6.07, 6.45) is -7.27. The molecule has 182 valence electrons. The normalized spacial score (nSPS) is 24.4. The number of aromatic nitrogens is 1. The number of aliphatic hydroxyl groups is 2. The van der Waals surface area contributed by atoms with Gasteiger partial charge in [0.1, 0.15) is 46.8 Å². The van der Waals surface area contributed by atoms with Gasteiger partial charge in [-0.15, -0.1) is 0 Å². The summed E-state index contributed by atoms with van der Waals surface area (Å²) in [6.45, 7) is -1.55. The van der Waals surface area contributed by atoms with Gasteiger partial charge in [0, 0.05) is 22.8 Å². The Bertz CT molecular complexity index is 1320. The summed E-state index contributed by atoms with van der Waals surface area (Å²) in [6, 6.07) is -0.626. The van der Waals surface area contributed by atoms with Crippen molar-refractivity contribution in [2.75, 3.05) is 16.8 Å². The maximum atomic E-state index is 14.6. The van der Waals surface area contributed by atoms with Crippen LogP contribution in [0.5, 0.6) is 0 Å². The number of hydrogen-bond acceptors (Lipinski definition) is 6. The smallest absolute Gasteiger partial charge is 0.387 e. The van der Waals surface area contributed by atoms with Crippen molar-refractivity contribution in [2.24, 2.45) is 0 Å². The molecule has 2 aromatic rings. The molecular formula is C21H17ClF5N3O4. The van der Waals surface area contributed by atoms with E-state index in [9.17, 15) is 41.8 Å². The number of alkyl halides is 3. The van der Waals surface area contributed by atoms with Gasteiger partial charge in [0.2, 0.25) is 0 Å². The van der Waals surface area contributed by atoms with Gasteiger partial charge >= 0.3 is 6.18 Å². The fourth-order valence-corrected chi connectivity index (χ4v) is 3.66. The predicted molar refractivity (Wildman–Crippen MR) is 111 cm³/mol. The van der Waals surface area contributed by atoms with E-state index >= 15 is 0 Å². The Balaban J connectivity index is 2.30. The second-order valence-electron chi connectivity index (χ2n) is 7.60. The molecule has 2 heterocycles. The van der Waals surface area contributed by atoms with Gasteiger partial charge in [0.05, 0.1) is 16.3 Å². The van der Waals surface area contributed by atoms with E-state index in [1.54, 1.807) is 0 Å². The van der Waals surface area contributed by atoms with Gasteiger partial charge in [-0.05, 0) is 32.0 Å². The monoisotopic (exact) mass is 508 g/mol. The van der Waals surface area contributed by atoms with Crippen LogP contribution in [0.4, 0.5) is 33.5 Å². The minimum atomic E-state index is -4.92. The van der Waals surface area contributed by atoms with Gasteiger partial charge in [0.25, 0.3) is 5.91 Å². The van der Waals surface area contributed by atoms with Crippen molar-refractivity contribution in [3.05, 3.63) is 57.9 Å². The van der Waals surface area contributed by atoms with E-state index in [2.05, 4.69) is 4.98 Å². The van der Waals surface area contributed by atoms with E-state index in [0.717, 1.165) is 13.8 Å². The number of carbonyl (C=O) groups is 1. The number of carbonyl (C=O) groups excluding carboxylic acids is 2. The Labute approximate surface area is 198 Å². The number of hydrogen-bond donors (Lipinski definition) is 2. The average Bonchev–Trinajstić information content (AvgIpc) is 2.95. The fourth-order valence-electron chi connectivity index (χ4n) is 3.50. The van der Waals surface area contributed by atoms with Crippen LogP contribution in [0.25, 0.3) is 0 Å². The van der Waals surface area contributed by atoms with Crippen molar-refractivity contribution in [3.63, 3.8) is 0 Å². The first-order valence-electron chi connectivity index (χ1n) is 10.8.